The molecule has 0 bridgehead atoms. The zero-order chi connectivity index (χ0) is 33.9. The van der Waals surface area contributed by atoms with Crippen molar-refractivity contribution in [3.63, 3.8) is 0 Å². The van der Waals surface area contributed by atoms with Crippen molar-refractivity contribution >= 4 is 35.6 Å². The van der Waals surface area contributed by atoms with Crippen LogP contribution in [0.5, 0.6) is 0 Å². The number of esters is 1. The highest BCUT2D eigenvalue weighted by atomic mass is 32.2. The Balaban J connectivity index is 2.58. The number of nitrogens with one attached hydrogen (secondary N) is 2. The highest BCUT2D eigenvalue weighted by molar-refractivity contribution is 7.98. The van der Waals surface area contributed by atoms with E-state index in [1.54, 1.807) is 47.6 Å². The zero-order valence-electron chi connectivity index (χ0n) is 27.9. The number of terminal acetylenes is 1. The minimum atomic E-state index is -1.32. The number of ether oxygens (including phenoxy) is 2. The third kappa shape index (κ3) is 12.1. The molecule has 0 aromatic heterocycles. The van der Waals surface area contributed by atoms with E-state index in [0.717, 1.165) is 16.0 Å². The molecule has 0 aliphatic heterocycles. The highest BCUT2D eigenvalue weighted by Crippen LogP contribution is 2.27. The lowest BCUT2D eigenvalue weighted by Crippen LogP contribution is -2.54. The van der Waals surface area contributed by atoms with Crippen molar-refractivity contribution in [2.75, 3.05) is 12.0 Å². The van der Waals surface area contributed by atoms with Gasteiger partial charge in [-0.2, -0.15) is 11.8 Å². The predicted molar refractivity (Wildman–Crippen MR) is 178 cm³/mol. The Morgan fingerprint density at radius 1 is 0.911 bits per heavy atom. The Kier molecular flexibility index (Phi) is 13.5. The smallest absolute Gasteiger partial charge is 0.408 e. The van der Waals surface area contributed by atoms with E-state index >= 15 is 0 Å². The third-order valence-electron chi connectivity index (χ3n) is 6.50. The van der Waals surface area contributed by atoms with Gasteiger partial charge in [-0.1, -0.05) is 60.5 Å². The number of benzene rings is 2. The lowest BCUT2D eigenvalue weighted by molar-refractivity contribution is -0.159. The first-order valence-corrected chi connectivity index (χ1v) is 16.3. The van der Waals surface area contributed by atoms with Crippen LogP contribution in [0, 0.1) is 26.3 Å². The van der Waals surface area contributed by atoms with Crippen LogP contribution in [-0.2, 0) is 30.3 Å². The molecule has 0 spiro atoms. The lowest BCUT2D eigenvalue weighted by atomic mass is 9.95. The second-order valence-electron chi connectivity index (χ2n) is 12.9. The van der Waals surface area contributed by atoms with Gasteiger partial charge >= 0.3 is 12.1 Å². The Hall–Kier alpha value is -3.97. The molecule has 0 aliphatic carbocycles. The van der Waals surface area contributed by atoms with Crippen LogP contribution in [0.3, 0.4) is 0 Å². The van der Waals surface area contributed by atoms with Gasteiger partial charge < -0.3 is 20.1 Å². The fraction of sp³-hybridized carbons (Fsp3) is 0.486. The molecule has 2 rings (SSSR count). The first-order valence-electron chi connectivity index (χ1n) is 14.9. The molecule has 45 heavy (non-hydrogen) atoms. The number of rotatable bonds is 12. The van der Waals surface area contributed by atoms with Crippen LogP contribution >= 0.6 is 11.8 Å². The number of carbonyl (C=O) groups is 4. The summed E-state index contributed by atoms with van der Waals surface area (Å²) >= 11 is 1.49. The summed E-state index contributed by atoms with van der Waals surface area (Å²) in [5.41, 5.74) is 1.26. The standard InChI is InChI=1S/C35H47N3O6S/c1-11-38(31(40)27(19-20-45-10)37-33(42)44-35(7,8)9)29(26-21-23(2)17-18-24(26)3)30(39)36-28(32(41)43-34(4,5)6)22-25-15-13-12-14-16-25/h1,12-18,21,27-29H,19-20,22H2,2-10H3,(H,36,39)(H,37,42). The van der Waals surface area contributed by atoms with Crippen molar-refractivity contribution in [2.24, 2.45) is 0 Å². The number of carbonyl (C=O) groups excluding carboxylic acids is 4. The average molecular weight is 638 g/mol. The highest BCUT2D eigenvalue weighted by Gasteiger charge is 2.38. The van der Waals surface area contributed by atoms with E-state index in [4.69, 9.17) is 15.9 Å². The number of nitrogens with zero attached hydrogens (tertiary/aromatic N) is 1. The quantitative estimate of drug-likeness (QED) is 0.180. The Morgan fingerprint density at radius 2 is 1.53 bits per heavy atom. The maximum absolute atomic E-state index is 14.3. The molecule has 0 aliphatic rings. The first kappa shape index (κ1) is 37.2. The Bertz CT molecular complexity index is 1370. The van der Waals surface area contributed by atoms with Crippen LogP contribution in [0.4, 0.5) is 4.79 Å². The summed E-state index contributed by atoms with van der Waals surface area (Å²) in [6.07, 6.45) is 7.47. The largest absolute Gasteiger partial charge is 0.458 e. The van der Waals surface area contributed by atoms with E-state index < -0.39 is 53.2 Å². The molecule has 10 heteroatoms. The van der Waals surface area contributed by atoms with Crippen molar-refractivity contribution in [3.05, 3.63) is 70.8 Å². The van der Waals surface area contributed by atoms with E-state index in [9.17, 15) is 19.2 Å². The van der Waals surface area contributed by atoms with Crippen LogP contribution in [0.25, 0.3) is 0 Å². The molecule has 244 valence electrons. The molecule has 3 unspecified atom stereocenters. The van der Waals surface area contributed by atoms with Gasteiger partial charge in [-0.3, -0.25) is 14.5 Å². The van der Waals surface area contributed by atoms with Crippen molar-refractivity contribution in [1.29, 1.82) is 0 Å². The molecular weight excluding hydrogens is 590 g/mol. The van der Waals surface area contributed by atoms with Gasteiger partial charge in [-0.05, 0) is 90.5 Å². The van der Waals surface area contributed by atoms with Crippen LogP contribution in [0.1, 0.15) is 76.3 Å². The second-order valence-corrected chi connectivity index (χ2v) is 13.9. The summed E-state index contributed by atoms with van der Waals surface area (Å²) in [6, 6.07) is 13.7. The van der Waals surface area contributed by atoms with Crippen molar-refractivity contribution in [2.45, 2.75) is 97.6 Å². The van der Waals surface area contributed by atoms with E-state index in [1.165, 1.54) is 11.8 Å². The van der Waals surface area contributed by atoms with Gasteiger partial charge in [0.25, 0.3) is 5.91 Å². The molecule has 0 heterocycles. The molecule has 9 nitrogen and oxygen atoms in total. The number of amides is 3. The van der Waals surface area contributed by atoms with E-state index in [0.29, 0.717) is 16.9 Å². The Morgan fingerprint density at radius 3 is 2.09 bits per heavy atom. The lowest BCUT2D eigenvalue weighted by Gasteiger charge is -2.32. The van der Waals surface area contributed by atoms with Gasteiger partial charge in [0, 0.05) is 12.5 Å². The van der Waals surface area contributed by atoms with Crippen LogP contribution < -0.4 is 10.6 Å². The minimum absolute atomic E-state index is 0.154. The molecule has 2 aromatic carbocycles. The normalized spacial score (nSPS) is 13.4. The number of aryl methyl sites for hydroxylation is 2. The van der Waals surface area contributed by atoms with Crippen LogP contribution in [0.15, 0.2) is 48.5 Å². The fourth-order valence-corrected chi connectivity index (χ4v) is 4.97. The second kappa shape index (κ2) is 16.4. The topological polar surface area (TPSA) is 114 Å². The molecule has 0 saturated carbocycles. The van der Waals surface area contributed by atoms with Gasteiger partial charge in [0.1, 0.15) is 29.3 Å². The molecule has 0 saturated heterocycles. The summed E-state index contributed by atoms with van der Waals surface area (Å²) < 4.78 is 11.1. The SMILES string of the molecule is C#CN(C(=O)C(CCSC)NC(=O)OC(C)(C)C)C(C(=O)NC(Cc1ccccc1)C(=O)OC(C)(C)C)c1cc(C)ccc1C. The van der Waals surface area contributed by atoms with E-state index in [2.05, 4.69) is 16.7 Å². The predicted octanol–water partition coefficient (Wildman–Crippen LogP) is 5.48. The fourth-order valence-electron chi connectivity index (χ4n) is 4.49. The molecular formula is C35H47N3O6S. The monoisotopic (exact) mass is 637 g/mol. The van der Waals surface area contributed by atoms with E-state index in [1.807, 2.05) is 62.6 Å². The Labute approximate surface area is 272 Å². The molecule has 0 fully saturated rings. The average Bonchev–Trinajstić information content (AvgIpc) is 2.93. The molecule has 3 amide bonds. The summed E-state index contributed by atoms with van der Waals surface area (Å²) in [5, 5.41) is 5.48. The third-order valence-corrected chi connectivity index (χ3v) is 7.15. The van der Waals surface area contributed by atoms with E-state index in [-0.39, 0.29) is 12.8 Å². The summed E-state index contributed by atoms with van der Waals surface area (Å²) in [5.74, 6) is -1.41. The molecule has 0 radical (unpaired) electrons. The number of thioether (sulfide) groups is 1. The van der Waals surface area contributed by atoms with Crippen molar-refractivity contribution in [1.82, 2.24) is 15.5 Å². The molecule has 3 atom stereocenters. The summed E-state index contributed by atoms with van der Waals surface area (Å²) in [7, 11) is 0. The maximum Gasteiger partial charge on any atom is 0.408 e. The van der Waals surface area contributed by atoms with Gasteiger partial charge in [0.05, 0.1) is 0 Å². The zero-order valence-corrected chi connectivity index (χ0v) is 28.7. The summed E-state index contributed by atoms with van der Waals surface area (Å²) in [6.45, 7) is 14.1. The number of alkyl carbamates (subject to hydrolysis) is 1. The molecule has 2 aromatic rings. The molecule has 2 N–H and O–H groups in total. The number of hydrogen-bond donors (Lipinski definition) is 2. The first-order chi connectivity index (χ1) is 21.0. The van der Waals surface area contributed by atoms with Crippen molar-refractivity contribution in [3.8, 4) is 12.5 Å². The maximum atomic E-state index is 14.3. The van der Waals surface area contributed by atoms with Gasteiger partial charge in [0.15, 0.2) is 0 Å². The van der Waals surface area contributed by atoms with Gasteiger partial charge in [-0.25, -0.2) is 9.59 Å². The van der Waals surface area contributed by atoms with Gasteiger partial charge in [-0.15, -0.1) is 0 Å². The van der Waals surface area contributed by atoms with Crippen molar-refractivity contribution < 1.29 is 28.7 Å². The van der Waals surface area contributed by atoms with Gasteiger partial charge in [0.2, 0.25) is 5.91 Å². The minimum Gasteiger partial charge on any atom is -0.458 e. The van der Waals surface area contributed by atoms with Crippen LogP contribution in [0.2, 0.25) is 0 Å². The van der Waals surface area contributed by atoms with Crippen LogP contribution in [-0.4, -0.2) is 64.1 Å². The summed E-state index contributed by atoms with van der Waals surface area (Å²) in [4.78, 5) is 55.6. The number of hydrogen-bond acceptors (Lipinski definition) is 7.